The first-order chi connectivity index (χ1) is 14.9. The number of anilines is 2. The van der Waals surface area contributed by atoms with Gasteiger partial charge in [-0.2, -0.15) is 0 Å². The molecule has 0 bridgehead atoms. The number of carbonyl (C=O) groups is 1. The van der Waals surface area contributed by atoms with Gasteiger partial charge in [-0.05, 0) is 38.5 Å². The van der Waals surface area contributed by atoms with Crippen molar-refractivity contribution in [1.29, 1.82) is 0 Å². The van der Waals surface area contributed by atoms with Crippen molar-refractivity contribution in [3.8, 4) is 5.75 Å². The Morgan fingerprint density at radius 1 is 1.39 bits per heavy atom. The number of aromatic nitrogens is 2. The standard InChI is InChI=1S/C19H24N6O5S/c1-10(7-8-20)21-18-24-25-19(31-18)23-16(26)14-9-12(15(29-3)17(27)30-14)22-11-5-4-6-13(11)28-2/h7-9,11,13,22H,4-6,20H2,1-3H3,(H,23,25,26)/t11-,13+/m0/s1. The number of methoxy groups -OCH3 is 2. The Kier molecular flexibility index (Phi) is 7.36. The van der Waals surface area contributed by atoms with Crippen LogP contribution >= 0.6 is 11.3 Å². The number of allylic oxidation sites excluding steroid dienone is 1. The minimum atomic E-state index is -0.767. The Morgan fingerprint density at radius 2 is 2.19 bits per heavy atom. The van der Waals surface area contributed by atoms with Gasteiger partial charge in [0.2, 0.25) is 16.0 Å². The summed E-state index contributed by atoms with van der Waals surface area (Å²) in [6.07, 6.45) is 5.76. The van der Waals surface area contributed by atoms with E-state index in [1.807, 2.05) is 0 Å². The molecule has 12 heteroatoms. The van der Waals surface area contributed by atoms with Gasteiger partial charge in [-0.25, -0.2) is 9.79 Å². The number of hydrogen-bond acceptors (Lipinski definition) is 11. The third-order valence-corrected chi connectivity index (χ3v) is 5.41. The topological polar surface area (TPSA) is 154 Å². The summed E-state index contributed by atoms with van der Waals surface area (Å²) in [4.78, 5) is 29.2. The van der Waals surface area contributed by atoms with Gasteiger partial charge in [0.1, 0.15) is 0 Å². The van der Waals surface area contributed by atoms with E-state index in [0.29, 0.717) is 16.5 Å². The van der Waals surface area contributed by atoms with Crippen molar-refractivity contribution < 1.29 is 18.7 Å². The Bertz CT molecular complexity index is 1050. The predicted octanol–water partition coefficient (Wildman–Crippen LogP) is 2.30. The summed E-state index contributed by atoms with van der Waals surface area (Å²) < 4.78 is 15.8. The Morgan fingerprint density at radius 3 is 2.90 bits per heavy atom. The maximum Gasteiger partial charge on any atom is 0.381 e. The molecule has 4 N–H and O–H groups in total. The van der Waals surface area contributed by atoms with Crippen molar-refractivity contribution in [3.05, 3.63) is 34.5 Å². The minimum absolute atomic E-state index is 0.00530. The largest absolute Gasteiger partial charge is 0.488 e. The third-order valence-electron chi connectivity index (χ3n) is 4.68. The van der Waals surface area contributed by atoms with Crippen LogP contribution in [0, 0.1) is 0 Å². The van der Waals surface area contributed by atoms with Crippen LogP contribution in [0.15, 0.2) is 32.5 Å². The Hall–Kier alpha value is -3.25. The van der Waals surface area contributed by atoms with Gasteiger partial charge < -0.3 is 24.9 Å². The second kappa shape index (κ2) is 10.2. The van der Waals surface area contributed by atoms with E-state index >= 15 is 0 Å². The van der Waals surface area contributed by atoms with Gasteiger partial charge in [0, 0.05) is 18.9 Å². The normalized spacial score (nSPS) is 19.0. The van der Waals surface area contributed by atoms with Gasteiger partial charge in [0.15, 0.2) is 5.76 Å². The van der Waals surface area contributed by atoms with Gasteiger partial charge in [-0.3, -0.25) is 10.1 Å². The molecule has 1 amide bonds. The van der Waals surface area contributed by atoms with Crippen LogP contribution < -0.4 is 26.7 Å². The van der Waals surface area contributed by atoms with Crippen LogP contribution in [-0.2, 0) is 4.74 Å². The molecule has 0 aliphatic heterocycles. The molecule has 1 aliphatic rings. The van der Waals surface area contributed by atoms with E-state index in [4.69, 9.17) is 19.6 Å². The highest BCUT2D eigenvalue weighted by molar-refractivity contribution is 7.18. The zero-order chi connectivity index (χ0) is 22.4. The lowest BCUT2D eigenvalue weighted by Gasteiger charge is -2.21. The number of nitrogens with one attached hydrogen (secondary N) is 2. The van der Waals surface area contributed by atoms with Crippen molar-refractivity contribution >= 4 is 38.9 Å². The first-order valence-electron chi connectivity index (χ1n) is 9.55. The molecule has 11 nitrogen and oxygen atoms in total. The van der Waals surface area contributed by atoms with E-state index in [1.165, 1.54) is 19.4 Å². The van der Waals surface area contributed by atoms with E-state index in [-0.39, 0.29) is 28.8 Å². The molecule has 166 valence electrons. The molecule has 0 aromatic carbocycles. The van der Waals surface area contributed by atoms with Crippen LogP contribution in [0.3, 0.4) is 0 Å². The highest BCUT2D eigenvalue weighted by Crippen LogP contribution is 2.29. The number of aliphatic imine (C=N–C) groups is 1. The third kappa shape index (κ3) is 5.47. The highest BCUT2D eigenvalue weighted by atomic mass is 32.1. The number of ether oxygens (including phenoxy) is 2. The van der Waals surface area contributed by atoms with E-state index in [0.717, 1.165) is 30.6 Å². The maximum absolute atomic E-state index is 12.6. The van der Waals surface area contributed by atoms with E-state index in [1.54, 1.807) is 20.1 Å². The van der Waals surface area contributed by atoms with E-state index < -0.39 is 11.5 Å². The van der Waals surface area contributed by atoms with Crippen LogP contribution in [0.25, 0.3) is 0 Å². The lowest BCUT2D eigenvalue weighted by molar-refractivity contribution is 0.0990. The second-order valence-electron chi connectivity index (χ2n) is 6.76. The van der Waals surface area contributed by atoms with Gasteiger partial charge in [-0.15, -0.1) is 10.2 Å². The fourth-order valence-electron chi connectivity index (χ4n) is 3.26. The number of carbonyl (C=O) groups excluding carboxylic acids is 1. The fourth-order valence-corrected chi connectivity index (χ4v) is 3.93. The average molecular weight is 449 g/mol. The first-order valence-corrected chi connectivity index (χ1v) is 10.4. The van der Waals surface area contributed by atoms with Gasteiger partial charge in [0.25, 0.3) is 5.91 Å². The van der Waals surface area contributed by atoms with Gasteiger partial charge >= 0.3 is 5.63 Å². The number of amides is 1. The molecule has 0 radical (unpaired) electrons. The van der Waals surface area contributed by atoms with Crippen LogP contribution in [0.5, 0.6) is 5.75 Å². The van der Waals surface area contributed by atoms with Crippen LogP contribution in [0.4, 0.5) is 16.0 Å². The molecule has 0 saturated heterocycles. The molecule has 1 fully saturated rings. The number of hydrogen-bond donors (Lipinski definition) is 3. The van der Waals surface area contributed by atoms with Crippen molar-refractivity contribution in [2.45, 2.75) is 38.3 Å². The molecular formula is C19H24N6O5S. The Balaban J connectivity index is 1.80. The lowest BCUT2D eigenvalue weighted by Crippen LogP contribution is -2.30. The second-order valence-corrected chi connectivity index (χ2v) is 7.71. The quantitative estimate of drug-likeness (QED) is 0.516. The molecular weight excluding hydrogens is 424 g/mol. The summed E-state index contributed by atoms with van der Waals surface area (Å²) in [5, 5.41) is 14.1. The smallest absolute Gasteiger partial charge is 0.381 e. The average Bonchev–Trinajstić information content (AvgIpc) is 3.36. The van der Waals surface area contributed by atoms with Crippen molar-refractivity contribution in [2.24, 2.45) is 10.7 Å². The molecule has 1 saturated carbocycles. The van der Waals surface area contributed by atoms with Crippen LogP contribution in [0.1, 0.15) is 36.7 Å². The molecule has 0 unspecified atom stereocenters. The van der Waals surface area contributed by atoms with Crippen molar-refractivity contribution in [1.82, 2.24) is 10.2 Å². The highest BCUT2D eigenvalue weighted by Gasteiger charge is 2.29. The van der Waals surface area contributed by atoms with Crippen molar-refractivity contribution in [2.75, 3.05) is 24.9 Å². The summed E-state index contributed by atoms with van der Waals surface area (Å²) in [7, 11) is 3.01. The number of rotatable bonds is 8. The molecule has 2 atom stereocenters. The summed E-state index contributed by atoms with van der Waals surface area (Å²) in [5.74, 6) is -0.847. The molecule has 1 aliphatic carbocycles. The van der Waals surface area contributed by atoms with E-state index in [2.05, 4.69) is 25.8 Å². The Labute approximate surface area is 182 Å². The van der Waals surface area contributed by atoms with Gasteiger partial charge in [0.05, 0.1) is 24.9 Å². The van der Waals surface area contributed by atoms with Crippen molar-refractivity contribution in [3.63, 3.8) is 0 Å². The molecule has 2 aromatic rings. The monoisotopic (exact) mass is 448 g/mol. The molecule has 0 spiro atoms. The zero-order valence-electron chi connectivity index (χ0n) is 17.4. The predicted molar refractivity (Wildman–Crippen MR) is 118 cm³/mol. The number of nitrogens with zero attached hydrogens (tertiary/aromatic N) is 3. The maximum atomic E-state index is 12.6. The minimum Gasteiger partial charge on any atom is -0.488 e. The summed E-state index contributed by atoms with van der Waals surface area (Å²) in [6, 6.07) is 1.42. The van der Waals surface area contributed by atoms with E-state index in [9.17, 15) is 9.59 Å². The summed E-state index contributed by atoms with van der Waals surface area (Å²) in [6.45, 7) is 1.75. The molecule has 2 heterocycles. The summed E-state index contributed by atoms with van der Waals surface area (Å²) in [5.41, 5.74) is 5.55. The molecule has 31 heavy (non-hydrogen) atoms. The number of nitrogens with two attached hydrogens (primary N) is 1. The molecule has 2 aromatic heterocycles. The first kappa shape index (κ1) is 22.4. The van der Waals surface area contributed by atoms with Crippen LogP contribution in [0.2, 0.25) is 0 Å². The summed E-state index contributed by atoms with van der Waals surface area (Å²) >= 11 is 1.06. The lowest BCUT2D eigenvalue weighted by atomic mass is 10.2. The zero-order valence-corrected chi connectivity index (χ0v) is 18.2. The SMILES string of the molecule is COc1c(N[C@H]2CCC[C@H]2OC)cc(C(=O)Nc2nnc(N=C(C)C=CN)s2)oc1=O. The molecule has 3 rings (SSSR count). The van der Waals surface area contributed by atoms with Crippen LogP contribution in [-0.4, -0.2) is 48.2 Å². The fraction of sp³-hybridized carbons (Fsp3) is 0.421. The van der Waals surface area contributed by atoms with Gasteiger partial charge in [-0.1, -0.05) is 11.3 Å².